The largest absolute Gasteiger partial charge is 0.508 e. The Hall–Kier alpha value is -2.60. The molecule has 0 fully saturated rings. The van der Waals surface area contributed by atoms with Crippen LogP contribution in [0.1, 0.15) is 0 Å². The number of fused-ring (bicyclic) bond motifs is 1. The molecule has 2 aromatic carbocycles. The Morgan fingerprint density at radius 2 is 1.86 bits per heavy atom. The van der Waals surface area contributed by atoms with Gasteiger partial charge in [0.1, 0.15) is 5.75 Å². The number of aromatic hydroxyl groups is 1. The van der Waals surface area contributed by atoms with Gasteiger partial charge in [-0.25, -0.2) is 8.42 Å². The van der Waals surface area contributed by atoms with Crippen molar-refractivity contribution in [2.24, 2.45) is 0 Å². The molecule has 0 unspecified atom stereocenters. The third-order valence-electron chi connectivity index (χ3n) is 3.03. The summed E-state index contributed by atoms with van der Waals surface area (Å²) in [5.41, 5.74) is 0.307. The highest BCUT2D eigenvalue weighted by Crippen LogP contribution is 2.25. The molecule has 5 nitrogen and oxygen atoms in total. The Balaban J connectivity index is 2.09. The van der Waals surface area contributed by atoms with Gasteiger partial charge in [-0.3, -0.25) is 9.71 Å². The minimum absolute atomic E-state index is 0.00248. The third-order valence-corrected chi connectivity index (χ3v) is 4.47. The first kappa shape index (κ1) is 13.4. The van der Waals surface area contributed by atoms with Crippen LogP contribution in [0.25, 0.3) is 10.8 Å². The van der Waals surface area contributed by atoms with Crippen LogP contribution in [-0.4, -0.2) is 18.5 Å². The van der Waals surface area contributed by atoms with E-state index in [9.17, 15) is 13.5 Å². The highest BCUT2D eigenvalue weighted by Gasteiger charge is 2.17. The van der Waals surface area contributed by atoms with Crippen LogP contribution in [0.5, 0.6) is 5.75 Å². The standard InChI is InChI=1S/C15H12N2O3S/c18-13-5-2-4-12(9-13)17-21(19,20)15-6-1-3-11-10-16-8-7-14(11)15/h1-10,17-18H. The summed E-state index contributed by atoms with van der Waals surface area (Å²) in [6, 6.07) is 12.6. The summed E-state index contributed by atoms with van der Waals surface area (Å²) in [7, 11) is -3.75. The van der Waals surface area contributed by atoms with E-state index in [4.69, 9.17) is 0 Å². The van der Waals surface area contributed by atoms with E-state index in [1.165, 1.54) is 18.2 Å². The molecule has 3 rings (SSSR count). The van der Waals surface area contributed by atoms with Crippen molar-refractivity contribution in [1.29, 1.82) is 0 Å². The number of nitrogens with one attached hydrogen (secondary N) is 1. The summed E-state index contributed by atoms with van der Waals surface area (Å²) < 4.78 is 27.5. The maximum absolute atomic E-state index is 12.5. The van der Waals surface area contributed by atoms with Crippen molar-refractivity contribution in [3.8, 4) is 5.75 Å². The molecule has 0 aliphatic heterocycles. The number of sulfonamides is 1. The Bertz CT molecular complexity index is 902. The topological polar surface area (TPSA) is 79.3 Å². The fourth-order valence-electron chi connectivity index (χ4n) is 2.11. The van der Waals surface area contributed by atoms with E-state index in [-0.39, 0.29) is 10.6 Å². The van der Waals surface area contributed by atoms with Gasteiger partial charge in [0, 0.05) is 29.2 Å². The van der Waals surface area contributed by atoms with E-state index in [0.29, 0.717) is 11.1 Å². The summed E-state index contributed by atoms with van der Waals surface area (Å²) in [5, 5.41) is 10.8. The van der Waals surface area contributed by atoms with E-state index in [1.54, 1.807) is 42.7 Å². The van der Waals surface area contributed by atoms with Crippen LogP contribution >= 0.6 is 0 Å². The zero-order valence-electron chi connectivity index (χ0n) is 10.9. The molecule has 21 heavy (non-hydrogen) atoms. The molecular formula is C15H12N2O3S. The number of nitrogens with zero attached hydrogens (tertiary/aromatic N) is 1. The van der Waals surface area contributed by atoms with Gasteiger partial charge in [0.25, 0.3) is 10.0 Å². The highest BCUT2D eigenvalue weighted by molar-refractivity contribution is 7.93. The molecule has 0 spiro atoms. The lowest BCUT2D eigenvalue weighted by Gasteiger charge is -2.10. The quantitative estimate of drug-likeness (QED) is 0.779. The van der Waals surface area contributed by atoms with Crippen LogP contribution < -0.4 is 4.72 Å². The monoisotopic (exact) mass is 300 g/mol. The molecule has 1 aromatic heterocycles. The number of phenolic OH excluding ortho intramolecular Hbond substituents is 1. The number of hydrogen-bond donors (Lipinski definition) is 2. The van der Waals surface area contributed by atoms with Crippen LogP contribution in [0, 0.1) is 0 Å². The minimum atomic E-state index is -3.75. The summed E-state index contributed by atoms with van der Waals surface area (Å²) in [6.07, 6.45) is 3.17. The SMILES string of the molecule is O=S(=O)(Nc1cccc(O)c1)c1cccc2cnccc12. The van der Waals surface area contributed by atoms with E-state index < -0.39 is 10.0 Å². The molecule has 0 bridgehead atoms. The smallest absolute Gasteiger partial charge is 0.262 e. The molecule has 1 heterocycles. The number of benzene rings is 2. The molecule has 0 amide bonds. The summed E-state index contributed by atoms with van der Waals surface area (Å²) in [6.45, 7) is 0. The molecule has 0 radical (unpaired) electrons. The van der Waals surface area contributed by atoms with Crippen molar-refractivity contribution >= 4 is 26.5 Å². The molecule has 6 heteroatoms. The molecule has 0 saturated heterocycles. The Kier molecular flexibility index (Phi) is 3.23. The van der Waals surface area contributed by atoms with Crippen molar-refractivity contribution in [3.05, 3.63) is 60.9 Å². The first-order valence-electron chi connectivity index (χ1n) is 6.21. The van der Waals surface area contributed by atoms with Gasteiger partial charge in [-0.1, -0.05) is 18.2 Å². The zero-order chi connectivity index (χ0) is 14.9. The minimum Gasteiger partial charge on any atom is -0.508 e. The Morgan fingerprint density at radius 1 is 1.05 bits per heavy atom. The second kappa shape index (κ2) is 5.06. The van der Waals surface area contributed by atoms with Gasteiger partial charge >= 0.3 is 0 Å². The fraction of sp³-hybridized carbons (Fsp3) is 0. The molecule has 2 N–H and O–H groups in total. The molecule has 106 valence electrons. The number of rotatable bonds is 3. The van der Waals surface area contributed by atoms with Crippen LogP contribution in [-0.2, 0) is 10.0 Å². The van der Waals surface area contributed by atoms with Gasteiger partial charge in [-0.15, -0.1) is 0 Å². The van der Waals surface area contributed by atoms with Crippen molar-refractivity contribution in [2.75, 3.05) is 4.72 Å². The van der Waals surface area contributed by atoms with Crippen molar-refractivity contribution < 1.29 is 13.5 Å². The third kappa shape index (κ3) is 2.66. The van der Waals surface area contributed by atoms with Crippen molar-refractivity contribution in [1.82, 2.24) is 4.98 Å². The lowest BCUT2D eigenvalue weighted by molar-refractivity contribution is 0.475. The number of anilines is 1. The number of pyridine rings is 1. The zero-order valence-corrected chi connectivity index (χ0v) is 11.7. The summed E-state index contributed by atoms with van der Waals surface area (Å²) in [5.74, 6) is -0.00248. The first-order chi connectivity index (χ1) is 10.1. The lowest BCUT2D eigenvalue weighted by Crippen LogP contribution is -2.13. The second-order valence-electron chi connectivity index (χ2n) is 4.51. The fourth-order valence-corrected chi connectivity index (χ4v) is 3.39. The molecule has 0 saturated carbocycles. The lowest BCUT2D eigenvalue weighted by atomic mass is 10.2. The molecule has 3 aromatic rings. The maximum Gasteiger partial charge on any atom is 0.262 e. The van der Waals surface area contributed by atoms with Crippen molar-refractivity contribution in [3.63, 3.8) is 0 Å². The second-order valence-corrected chi connectivity index (χ2v) is 6.16. The average Bonchev–Trinajstić information content (AvgIpc) is 2.46. The van der Waals surface area contributed by atoms with Crippen molar-refractivity contribution in [2.45, 2.75) is 4.90 Å². The summed E-state index contributed by atoms with van der Waals surface area (Å²) >= 11 is 0. The average molecular weight is 300 g/mol. The predicted octanol–water partition coefficient (Wildman–Crippen LogP) is 2.74. The van der Waals surface area contributed by atoms with Gasteiger partial charge in [0.05, 0.1) is 10.6 Å². The van der Waals surface area contributed by atoms with Crippen LogP contribution in [0.2, 0.25) is 0 Å². The number of phenols is 1. The van der Waals surface area contributed by atoms with Gasteiger partial charge < -0.3 is 5.11 Å². The molecule has 0 aliphatic carbocycles. The van der Waals surface area contributed by atoms with Crippen LogP contribution in [0.3, 0.4) is 0 Å². The van der Waals surface area contributed by atoms with E-state index in [2.05, 4.69) is 9.71 Å². The van der Waals surface area contributed by atoms with Crippen LogP contribution in [0.15, 0.2) is 65.8 Å². The number of hydrogen-bond acceptors (Lipinski definition) is 4. The van der Waals surface area contributed by atoms with E-state index >= 15 is 0 Å². The van der Waals surface area contributed by atoms with E-state index in [0.717, 1.165) is 5.39 Å². The van der Waals surface area contributed by atoms with Crippen LogP contribution in [0.4, 0.5) is 5.69 Å². The van der Waals surface area contributed by atoms with Gasteiger partial charge in [0.15, 0.2) is 0 Å². The highest BCUT2D eigenvalue weighted by atomic mass is 32.2. The predicted molar refractivity (Wildman–Crippen MR) is 80.7 cm³/mol. The normalized spacial score (nSPS) is 11.4. The Labute approximate surface area is 121 Å². The van der Waals surface area contributed by atoms with Gasteiger partial charge in [0.2, 0.25) is 0 Å². The first-order valence-corrected chi connectivity index (χ1v) is 7.69. The summed E-state index contributed by atoms with van der Waals surface area (Å²) in [4.78, 5) is 4.16. The van der Waals surface area contributed by atoms with E-state index in [1.807, 2.05) is 0 Å². The molecule has 0 atom stereocenters. The maximum atomic E-state index is 12.5. The van der Waals surface area contributed by atoms with Gasteiger partial charge in [-0.05, 0) is 24.3 Å². The number of aromatic nitrogens is 1. The van der Waals surface area contributed by atoms with Gasteiger partial charge in [-0.2, -0.15) is 0 Å². The molecular weight excluding hydrogens is 288 g/mol. The molecule has 0 aliphatic rings. The Morgan fingerprint density at radius 3 is 2.67 bits per heavy atom.